The van der Waals surface area contributed by atoms with Crippen molar-refractivity contribution < 1.29 is 4.74 Å². The standard InChI is InChI=1S/C11H11NOS/c12-10-6-5-9-11(13-10)7-3-1-2-4-8(7)14-9/h1-4,10H,5-6,12H2. The Morgan fingerprint density at radius 3 is 3.14 bits per heavy atom. The molecule has 1 aliphatic heterocycles. The quantitative estimate of drug-likeness (QED) is 0.717. The molecule has 0 bridgehead atoms. The molecule has 1 aromatic carbocycles. The van der Waals surface area contributed by atoms with Crippen LogP contribution in [0.4, 0.5) is 0 Å². The molecule has 3 rings (SSSR count). The van der Waals surface area contributed by atoms with Crippen LogP contribution in [0, 0.1) is 0 Å². The lowest BCUT2D eigenvalue weighted by atomic mass is 10.1. The molecular weight excluding hydrogens is 194 g/mol. The van der Waals surface area contributed by atoms with Gasteiger partial charge in [-0.1, -0.05) is 12.1 Å². The van der Waals surface area contributed by atoms with Crippen LogP contribution in [0.25, 0.3) is 10.1 Å². The zero-order valence-electron chi connectivity index (χ0n) is 7.69. The van der Waals surface area contributed by atoms with Crippen molar-refractivity contribution in [2.24, 2.45) is 5.73 Å². The van der Waals surface area contributed by atoms with E-state index in [0.717, 1.165) is 18.6 Å². The minimum Gasteiger partial charge on any atom is -0.474 e. The van der Waals surface area contributed by atoms with Crippen molar-refractivity contribution in [2.75, 3.05) is 0 Å². The Labute approximate surface area is 86.3 Å². The second-order valence-electron chi connectivity index (χ2n) is 3.55. The predicted molar refractivity (Wildman–Crippen MR) is 58.7 cm³/mol. The van der Waals surface area contributed by atoms with Crippen LogP contribution in [-0.4, -0.2) is 6.23 Å². The van der Waals surface area contributed by atoms with Crippen LogP contribution >= 0.6 is 11.3 Å². The first-order chi connectivity index (χ1) is 6.84. The highest BCUT2D eigenvalue weighted by Crippen LogP contribution is 2.40. The average molecular weight is 205 g/mol. The van der Waals surface area contributed by atoms with Crippen molar-refractivity contribution in [1.82, 2.24) is 0 Å². The number of aryl methyl sites for hydroxylation is 1. The third-order valence-corrected chi connectivity index (χ3v) is 3.76. The molecule has 0 radical (unpaired) electrons. The van der Waals surface area contributed by atoms with E-state index < -0.39 is 0 Å². The Balaban J connectivity index is 2.25. The number of nitrogens with two attached hydrogens (primary N) is 1. The molecular formula is C11H11NOS. The van der Waals surface area contributed by atoms with E-state index >= 15 is 0 Å². The van der Waals surface area contributed by atoms with Gasteiger partial charge in [-0.3, -0.25) is 5.73 Å². The molecule has 0 saturated heterocycles. The molecule has 72 valence electrons. The van der Waals surface area contributed by atoms with Gasteiger partial charge in [0.2, 0.25) is 0 Å². The summed E-state index contributed by atoms with van der Waals surface area (Å²) in [6.07, 6.45) is 1.86. The Morgan fingerprint density at radius 2 is 2.21 bits per heavy atom. The molecule has 0 spiro atoms. The molecule has 2 aromatic rings. The number of fused-ring (bicyclic) bond motifs is 3. The lowest BCUT2D eigenvalue weighted by molar-refractivity contribution is 0.185. The SMILES string of the molecule is NC1CCc2sc3ccccc3c2O1. The molecule has 1 aromatic heterocycles. The van der Waals surface area contributed by atoms with Crippen LogP contribution in [-0.2, 0) is 6.42 Å². The fraction of sp³-hybridized carbons (Fsp3) is 0.273. The molecule has 0 saturated carbocycles. The Kier molecular flexibility index (Phi) is 1.75. The highest BCUT2D eigenvalue weighted by molar-refractivity contribution is 7.19. The molecule has 3 heteroatoms. The lowest BCUT2D eigenvalue weighted by Crippen LogP contribution is -2.30. The van der Waals surface area contributed by atoms with Crippen LogP contribution in [0.15, 0.2) is 24.3 Å². The topological polar surface area (TPSA) is 35.2 Å². The summed E-state index contributed by atoms with van der Waals surface area (Å²) in [5.41, 5.74) is 5.78. The molecule has 2 nitrogen and oxygen atoms in total. The summed E-state index contributed by atoms with van der Waals surface area (Å²) in [6.45, 7) is 0. The van der Waals surface area contributed by atoms with Gasteiger partial charge < -0.3 is 4.74 Å². The summed E-state index contributed by atoms with van der Waals surface area (Å²) in [5.74, 6) is 1.02. The zero-order valence-corrected chi connectivity index (χ0v) is 8.51. The first-order valence-corrected chi connectivity index (χ1v) is 5.59. The third kappa shape index (κ3) is 1.13. The monoisotopic (exact) mass is 205 g/mol. The van der Waals surface area contributed by atoms with Crippen molar-refractivity contribution in [2.45, 2.75) is 19.1 Å². The lowest BCUT2D eigenvalue weighted by Gasteiger charge is -2.20. The summed E-state index contributed by atoms with van der Waals surface area (Å²) in [4.78, 5) is 1.34. The maximum atomic E-state index is 5.78. The minimum atomic E-state index is -0.125. The largest absolute Gasteiger partial charge is 0.474 e. The number of hydrogen-bond acceptors (Lipinski definition) is 3. The van der Waals surface area contributed by atoms with Crippen LogP contribution in [0.5, 0.6) is 5.75 Å². The fourth-order valence-corrected chi connectivity index (χ4v) is 3.00. The molecule has 0 aliphatic carbocycles. The number of ether oxygens (including phenoxy) is 1. The van der Waals surface area contributed by atoms with Gasteiger partial charge >= 0.3 is 0 Å². The van der Waals surface area contributed by atoms with Gasteiger partial charge in [0.05, 0.1) is 0 Å². The van der Waals surface area contributed by atoms with E-state index in [0.29, 0.717) is 0 Å². The number of benzene rings is 1. The van der Waals surface area contributed by atoms with Crippen molar-refractivity contribution in [1.29, 1.82) is 0 Å². The van der Waals surface area contributed by atoms with E-state index in [1.54, 1.807) is 0 Å². The van der Waals surface area contributed by atoms with Gasteiger partial charge in [0.25, 0.3) is 0 Å². The third-order valence-electron chi connectivity index (χ3n) is 2.54. The number of hydrogen-bond donors (Lipinski definition) is 1. The van der Waals surface area contributed by atoms with Crippen molar-refractivity contribution >= 4 is 21.4 Å². The summed E-state index contributed by atoms with van der Waals surface area (Å²) in [5, 5.41) is 1.21. The second-order valence-corrected chi connectivity index (χ2v) is 4.68. The van der Waals surface area contributed by atoms with E-state index in [9.17, 15) is 0 Å². The van der Waals surface area contributed by atoms with Gasteiger partial charge in [-0.25, -0.2) is 0 Å². The minimum absolute atomic E-state index is 0.125. The average Bonchev–Trinajstić information content (AvgIpc) is 2.56. The van der Waals surface area contributed by atoms with Gasteiger partial charge in [0, 0.05) is 21.4 Å². The van der Waals surface area contributed by atoms with Gasteiger partial charge in [0.15, 0.2) is 0 Å². The Morgan fingerprint density at radius 1 is 1.36 bits per heavy atom. The summed E-state index contributed by atoms with van der Waals surface area (Å²) in [6, 6.07) is 8.33. The predicted octanol–water partition coefficient (Wildman–Crippen LogP) is 2.51. The maximum Gasteiger partial charge on any atom is 0.148 e. The van der Waals surface area contributed by atoms with Gasteiger partial charge in [-0.05, 0) is 18.6 Å². The second kappa shape index (κ2) is 2.97. The molecule has 2 heterocycles. The molecule has 0 fully saturated rings. The molecule has 0 amide bonds. The fourth-order valence-electron chi connectivity index (χ4n) is 1.85. The van der Waals surface area contributed by atoms with E-state index in [2.05, 4.69) is 18.2 Å². The van der Waals surface area contributed by atoms with E-state index in [1.807, 2.05) is 17.4 Å². The Bertz CT molecular complexity index is 477. The normalized spacial score (nSPS) is 20.5. The Hall–Kier alpha value is -1.06. The van der Waals surface area contributed by atoms with E-state index in [1.165, 1.54) is 15.0 Å². The zero-order chi connectivity index (χ0) is 9.54. The highest BCUT2D eigenvalue weighted by Gasteiger charge is 2.20. The van der Waals surface area contributed by atoms with Gasteiger partial charge in [-0.2, -0.15) is 0 Å². The van der Waals surface area contributed by atoms with Crippen molar-refractivity contribution in [3.63, 3.8) is 0 Å². The maximum absolute atomic E-state index is 5.78. The van der Waals surface area contributed by atoms with Crippen molar-refractivity contribution in [3.05, 3.63) is 29.1 Å². The van der Waals surface area contributed by atoms with E-state index in [4.69, 9.17) is 10.5 Å². The summed E-state index contributed by atoms with van der Waals surface area (Å²) < 4.78 is 6.97. The molecule has 14 heavy (non-hydrogen) atoms. The highest BCUT2D eigenvalue weighted by atomic mass is 32.1. The van der Waals surface area contributed by atoms with Crippen LogP contribution in [0.3, 0.4) is 0 Å². The molecule has 2 N–H and O–H groups in total. The van der Waals surface area contributed by atoms with E-state index in [-0.39, 0.29) is 6.23 Å². The first kappa shape index (κ1) is 8.26. The number of rotatable bonds is 0. The van der Waals surface area contributed by atoms with Gasteiger partial charge in [0.1, 0.15) is 12.0 Å². The first-order valence-electron chi connectivity index (χ1n) is 4.77. The van der Waals surface area contributed by atoms with Crippen molar-refractivity contribution in [3.8, 4) is 5.75 Å². The molecule has 1 aliphatic rings. The van der Waals surface area contributed by atoms with Crippen LogP contribution in [0.2, 0.25) is 0 Å². The molecule has 1 unspecified atom stereocenters. The van der Waals surface area contributed by atoms with Crippen LogP contribution in [0.1, 0.15) is 11.3 Å². The molecule has 1 atom stereocenters. The van der Waals surface area contributed by atoms with Crippen LogP contribution < -0.4 is 10.5 Å². The number of thiophene rings is 1. The van der Waals surface area contributed by atoms with Gasteiger partial charge in [-0.15, -0.1) is 11.3 Å². The summed E-state index contributed by atoms with van der Waals surface area (Å²) >= 11 is 1.82. The summed E-state index contributed by atoms with van der Waals surface area (Å²) in [7, 11) is 0. The smallest absolute Gasteiger partial charge is 0.148 e.